The highest BCUT2D eigenvalue weighted by Gasteiger charge is 2.21. The molecule has 4 heteroatoms. The molecule has 22 heavy (non-hydrogen) atoms. The van der Waals surface area contributed by atoms with Gasteiger partial charge in [-0.1, -0.05) is 48.5 Å². The van der Waals surface area contributed by atoms with Crippen molar-refractivity contribution in [2.24, 2.45) is 0 Å². The van der Waals surface area contributed by atoms with Crippen LogP contribution in [0.2, 0.25) is 0 Å². The Morgan fingerprint density at radius 2 is 1.18 bits per heavy atom. The summed E-state index contributed by atoms with van der Waals surface area (Å²) in [5.74, 6) is 0.488. The lowest BCUT2D eigenvalue weighted by molar-refractivity contribution is 0.495. The third-order valence-corrected chi connectivity index (χ3v) is 3.54. The summed E-state index contributed by atoms with van der Waals surface area (Å²) < 4.78 is 0. The molecule has 0 saturated heterocycles. The Balaban J connectivity index is 0.000000148. The van der Waals surface area contributed by atoms with Crippen molar-refractivity contribution in [3.63, 3.8) is 0 Å². The van der Waals surface area contributed by atoms with E-state index in [9.17, 15) is 0 Å². The predicted molar refractivity (Wildman–Crippen MR) is 86.0 cm³/mol. The molecule has 0 fully saturated rings. The number of nitrogens with zero attached hydrogens (tertiary/aromatic N) is 3. The van der Waals surface area contributed by atoms with Gasteiger partial charge in [0.25, 0.3) is 0 Å². The van der Waals surface area contributed by atoms with Crippen LogP contribution < -0.4 is 0 Å². The van der Waals surface area contributed by atoms with Gasteiger partial charge in [-0.05, 0) is 24.3 Å². The van der Waals surface area contributed by atoms with Gasteiger partial charge in [0.05, 0.1) is 5.69 Å². The zero-order chi connectivity index (χ0) is 14.9. The second-order valence-electron chi connectivity index (χ2n) is 5.02. The highest BCUT2D eigenvalue weighted by Crippen LogP contribution is 2.49. The first kappa shape index (κ1) is 12.6. The minimum Gasteiger partial charge on any atom is -0.507 e. The number of rotatable bonds is 1. The predicted octanol–water partition coefficient (Wildman–Crippen LogP) is 3.79. The molecule has 0 radical (unpaired) electrons. The van der Waals surface area contributed by atoms with Crippen molar-refractivity contribution in [3.8, 4) is 22.6 Å². The maximum atomic E-state index is 8.71. The number of aromatic hydroxyl groups is 1. The number of phenols is 1. The van der Waals surface area contributed by atoms with Gasteiger partial charge in [-0.25, -0.2) is 0 Å². The molecule has 4 nitrogen and oxygen atoms in total. The number of benzene rings is 3. The highest BCUT2D eigenvalue weighted by atomic mass is 16.3. The first-order chi connectivity index (χ1) is 10.8. The van der Waals surface area contributed by atoms with E-state index in [-0.39, 0.29) is 0 Å². The van der Waals surface area contributed by atoms with E-state index in [1.165, 1.54) is 0 Å². The molecular weight excluding hydrogens is 274 g/mol. The molecule has 0 amide bonds. The van der Waals surface area contributed by atoms with E-state index in [2.05, 4.69) is 10.2 Å². The van der Waals surface area contributed by atoms with Crippen LogP contribution in [0.4, 0.5) is 0 Å². The van der Waals surface area contributed by atoms with Crippen LogP contribution in [-0.2, 0) is 0 Å². The molecule has 0 aliphatic heterocycles. The summed E-state index contributed by atoms with van der Waals surface area (Å²) in [7, 11) is 0. The lowest BCUT2D eigenvalue weighted by Crippen LogP contribution is -1.97. The van der Waals surface area contributed by atoms with Gasteiger partial charge in [-0.2, -0.15) is 4.80 Å². The molecule has 2 aromatic carbocycles. The molecule has 106 valence electrons. The standard InChI is InChI=1S/C12H9N3.C6H4O/c1-2-6-10(7-3-1)15-13-11-8-4-5-9-12(11)14-15;7-6-4-2-1-3-5(4)6/h1-9H;1-3,7H. The second-order valence-corrected chi connectivity index (χ2v) is 5.02. The molecule has 0 spiro atoms. The van der Waals surface area contributed by atoms with E-state index in [1.807, 2.05) is 72.8 Å². The molecule has 0 saturated carbocycles. The molecule has 0 unspecified atom stereocenters. The number of hydrogen-bond acceptors (Lipinski definition) is 3. The molecule has 5 rings (SSSR count). The minimum absolute atomic E-state index is 0.488. The zero-order valence-electron chi connectivity index (χ0n) is 11.7. The maximum absolute atomic E-state index is 8.71. The Hall–Kier alpha value is -3.14. The summed E-state index contributed by atoms with van der Waals surface area (Å²) in [6.07, 6.45) is 0. The van der Waals surface area contributed by atoms with E-state index in [0.717, 1.165) is 27.8 Å². The van der Waals surface area contributed by atoms with E-state index in [1.54, 1.807) is 4.80 Å². The van der Waals surface area contributed by atoms with Crippen LogP contribution in [0, 0.1) is 0 Å². The lowest BCUT2D eigenvalue weighted by Gasteiger charge is -1.96. The van der Waals surface area contributed by atoms with Crippen LogP contribution in [-0.4, -0.2) is 20.1 Å². The smallest absolute Gasteiger partial charge is 0.131 e. The number of phenolic OH excluding ortho intramolecular Hbond substituents is 1. The van der Waals surface area contributed by atoms with Gasteiger partial charge in [0.1, 0.15) is 16.8 Å². The molecule has 1 heterocycles. The van der Waals surface area contributed by atoms with Crippen LogP contribution in [0.3, 0.4) is 0 Å². The first-order valence-electron chi connectivity index (χ1n) is 7.03. The Morgan fingerprint density at radius 1 is 0.636 bits per heavy atom. The molecule has 2 aliphatic rings. The van der Waals surface area contributed by atoms with Crippen molar-refractivity contribution >= 4 is 11.0 Å². The normalized spacial score (nSPS) is 10.9. The van der Waals surface area contributed by atoms with E-state index < -0.39 is 0 Å². The molecule has 0 atom stereocenters. The van der Waals surface area contributed by atoms with Gasteiger partial charge in [0, 0.05) is 11.1 Å². The van der Waals surface area contributed by atoms with Crippen LogP contribution in [0.1, 0.15) is 0 Å². The summed E-state index contributed by atoms with van der Waals surface area (Å²) in [6, 6.07) is 23.5. The summed E-state index contributed by atoms with van der Waals surface area (Å²) in [6.45, 7) is 0. The topological polar surface area (TPSA) is 50.9 Å². The van der Waals surface area contributed by atoms with Crippen LogP contribution in [0.5, 0.6) is 5.75 Å². The fourth-order valence-electron chi connectivity index (χ4n) is 2.32. The maximum Gasteiger partial charge on any atom is 0.131 e. The number of para-hydroxylation sites is 2. The molecule has 0 bridgehead atoms. The number of aromatic nitrogens is 3. The van der Waals surface area contributed by atoms with Crippen LogP contribution in [0.25, 0.3) is 27.8 Å². The molecule has 1 aromatic heterocycles. The van der Waals surface area contributed by atoms with Crippen LogP contribution in [0.15, 0.2) is 72.8 Å². The Labute approximate surface area is 127 Å². The van der Waals surface area contributed by atoms with Crippen molar-refractivity contribution in [2.75, 3.05) is 0 Å². The van der Waals surface area contributed by atoms with Crippen molar-refractivity contribution in [2.45, 2.75) is 0 Å². The second kappa shape index (κ2) is 5.00. The molecule has 2 aliphatic carbocycles. The van der Waals surface area contributed by atoms with Gasteiger partial charge in [0.15, 0.2) is 0 Å². The lowest BCUT2D eigenvalue weighted by atomic mass is 10.3. The monoisotopic (exact) mass is 287 g/mol. The Kier molecular flexibility index (Phi) is 2.86. The van der Waals surface area contributed by atoms with E-state index >= 15 is 0 Å². The fourth-order valence-corrected chi connectivity index (χ4v) is 2.32. The van der Waals surface area contributed by atoms with E-state index in [0.29, 0.717) is 5.75 Å². The molecular formula is C18H13N3O. The first-order valence-corrected chi connectivity index (χ1v) is 7.03. The fraction of sp³-hybridized carbons (Fsp3) is 0. The van der Waals surface area contributed by atoms with Crippen molar-refractivity contribution < 1.29 is 5.11 Å². The zero-order valence-corrected chi connectivity index (χ0v) is 11.7. The Morgan fingerprint density at radius 3 is 1.68 bits per heavy atom. The minimum atomic E-state index is 0.488. The largest absolute Gasteiger partial charge is 0.507 e. The van der Waals surface area contributed by atoms with Crippen molar-refractivity contribution in [1.29, 1.82) is 0 Å². The van der Waals surface area contributed by atoms with Crippen molar-refractivity contribution in [1.82, 2.24) is 15.0 Å². The van der Waals surface area contributed by atoms with Crippen molar-refractivity contribution in [3.05, 3.63) is 72.8 Å². The van der Waals surface area contributed by atoms with E-state index in [4.69, 9.17) is 5.11 Å². The van der Waals surface area contributed by atoms with Gasteiger partial charge in [-0.15, -0.1) is 10.2 Å². The molecule has 3 aromatic rings. The SMILES string of the molecule is Oc1c2cccc1-2.c1ccc(-n2nc3ccccc3n2)cc1. The number of fused-ring (bicyclic) bond motifs is 2. The Bertz CT molecular complexity index is 892. The van der Waals surface area contributed by atoms with Gasteiger partial charge < -0.3 is 5.11 Å². The molecule has 1 N–H and O–H groups in total. The number of hydrogen-bond donors (Lipinski definition) is 1. The summed E-state index contributed by atoms with van der Waals surface area (Å²) in [5.41, 5.74) is 4.87. The third kappa shape index (κ3) is 2.20. The summed E-state index contributed by atoms with van der Waals surface area (Å²) >= 11 is 0. The third-order valence-electron chi connectivity index (χ3n) is 3.54. The quantitative estimate of drug-likeness (QED) is 0.510. The average molecular weight is 287 g/mol. The van der Waals surface area contributed by atoms with Gasteiger partial charge >= 0.3 is 0 Å². The van der Waals surface area contributed by atoms with Gasteiger partial charge in [0.2, 0.25) is 0 Å². The van der Waals surface area contributed by atoms with Crippen LogP contribution >= 0.6 is 0 Å². The van der Waals surface area contributed by atoms with Gasteiger partial charge in [-0.3, -0.25) is 0 Å². The summed E-state index contributed by atoms with van der Waals surface area (Å²) in [4.78, 5) is 1.66. The highest BCUT2D eigenvalue weighted by molar-refractivity contribution is 5.94. The average Bonchev–Trinajstić information content (AvgIpc) is 3.00. The summed E-state index contributed by atoms with van der Waals surface area (Å²) in [5, 5.41) is 17.5.